The Labute approximate surface area is 129 Å². The molecule has 5 nitrogen and oxygen atoms in total. The fourth-order valence-electron chi connectivity index (χ4n) is 2.21. The van der Waals surface area contributed by atoms with Crippen molar-refractivity contribution in [2.45, 2.75) is 26.8 Å². The molecule has 1 amide bonds. The van der Waals surface area contributed by atoms with Gasteiger partial charge < -0.3 is 9.88 Å². The van der Waals surface area contributed by atoms with Gasteiger partial charge in [0.25, 0.3) is 5.91 Å². The van der Waals surface area contributed by atoms with Crippen molar-refractivity contribution >= 4 is 18.1 Å². The number of amides is 1. The predicted molar refractivity (Wildman–Crippen MR) is 84.6 cm³/mol. The summed E-state index contributed by atoms with van der Waals surface area (Å²) >= 11 is 5.14. The van der Waals surface area contributed by atoms with Crippen molar-refractivity contribution < 1.29 is 4.79 Å². The molecule has 1 aromatic carbocycles. The molecule has 0 aliphatic heterocycles. The van der Waals surface area contributed by atoms with E-state index in [9.17, 15) is 4.79 Å². The zero-order valence-corrected chi connectivity index (χ0v) is 13.5. The van der Waals surface area contributed by atoms with E-state index in [4.69, 9.17) is 12.2 Å². The minimum atomic E-state index is -0.199. The number of hydrogen-bond donors (Lipinski definition) is 2. The Balaban J connectivity index is 2.30. The van der Waals surface area contributed by atoms with E-state index in [1.807, 2.05) is 52.1 Å². The van der Waals surface area contributed by atoms with Gasteiger partial charge in [0.05, 0.1) is 6.04 Å². The summed E-state index contributed by atoms with van der Waals surface area (Å²) in [5.74, 6) is 0.833. The Morgan fingerprint density at radius 2 is 2.05 bits per heavy atom. The van der Waals surface area contributed by atoms with Crippen molar-refractivity contribution in [3.05, 3.63) is 46.0 Å². The third kappa shape index (κ3) is 3.21. The van der Waals surface area contributed by atoms with Crippen LogP contribution in [0.4, 0.5) is 0 Å². The number of H-pyrrole nitrogens is 1. The summed E-state index contributed by atoms with van der Waals surface area (Å²) in [6, 6.07) is 7.33. The van der Waals surface area contributed by atoms with Crippen LogP contribution in [-0.4, -0.2) is 20.7 Å². The van der Waals surface area contributed by atoms with Crippen molar-refractivity contribution in [1.29, 1.82) is 0 Å². The molecule has 0 fully saturated rings. The Morgan fingerprint density at radius 3 is 2.57 bits per heavy atom. The SMILES string of the molecule is Cc1ccccc1C(=O)NC(c1n[nH]c(=S)n1C)C(C)C. The number of hydrogen-bond acceptors (Lipinski definition) is 3. The molecule has 1 heterocycles. The molecule has 2 N–H and O–H groups in total. The van der Waals surface area contributed by atoms with E-state index < -0.39 is 0 Å². The van der Waals surface area contributed by atoms with Crippen LogP contribution in [0.2, 0.25) is 0 Å². The number of nitrogens with one attached hydrogen (secondary N) is 2. The largest absolute Gasteiger partial charge is 0.342 e. The second kappa shape index (κ2) is 6.22. The van der Waals surface area contributed by atoms with Crippen LogP contribution in [-0.2, 0) is 7.05 Å². The van der Waals surface area contributed by atoms with E-state index in [1.54, 1.807) is 4.57 Å². The smallest absolute Gasteiger partial charge is 0.252 e. The van der Waals surface area contributed by atoms with Crippen LogP contribution in [0.25, 0.3) is 0 Å². The zero-order chi connectivity index (χ0) is 15.6. The summed E-state index contributed by atoms with van der Waals surface area (Å²) < 4.78 is 2.33. The van der Waals surface area contributed by atoms with Crippen LogP contribution in [0.3, 0.4) is 0 Å². The molecule has 0 spiro atoms. The van der Waals surface area contributed by atoms with Crippen LogP contribution in [0, 0.1) is 17.6 Å². The predicted octanol–water partition coefficient (Wildman–Crippen LogP) is 2.91. The Kier molecular flexibility index (Phi) is 4.57. The number of nitrogens with zero attached hydrogens (tertiary/aromatic N) is 2. The Hall–Kier alpha value is -1.95. The first-order valence-corrected chi connectivity index (χ1v) is 7.30. The van der Waals surface area contributed by atoms with E-state index in [-0.39, 0.29) is 17.9 Å². The van der Waals surface area contributed by atoms with Gasteiger partial charge in [0.2, 0.25) is 0 Å². The Bertz CT molecular complexity index is 702. The van der Waals surface area contributed by atoms with Gasteiger partial charge in [-0.05, 0) is 36.7 Å². The molecule has 0 aliphatic rings. The molecule has 0 bridgehead atoms. The van der Waals surface area contributed by atoms with E-state index in [2.05, 4.69) is 15.5 Å². The second-order valence-electron chi connectivity index (χ2n) is 5.46. The number of aromatic nitrogens is 3. The van der Waals surface area contributed by atoms with Crippen molar-refractivity contribution in [1.82, 2.24) is 20.1 Å². The molecule has 1 unspecified atom stereocenters. The molecular weight excluding hydrogens is 284 g/mol. The standard InChI is InChI=1S/C15H20N4OS/c1-9(2)12(13-17-18-15(21)19(13)4)16-14(20)11-8-6-5-7-10(11)3/h5-9,12H,1-4H3,(H,16,20)(H,18,21). The highest BCUT2D eigenvalue weighted by atomic mass is 32.1. The minimum Gasteiger partial charge on any atom is -0.342 e. The summed E-state index contributed by atoms with van der Waals surface area (Å²) in [7, 11) is 1.84. The number of aryl methyl sites for hydroxylation is 1. The van der Waals surface area contributed by atoms with Gasteiger partial charge in [-0.3, -0.25) is 9.89 Å². The molecule has 1 aromatic heterocycles. The van der Waals surface area contributed by atoms with Crippen LogP contribution < -0.4 is 5.32 Å². The van der Waals surface area contributed by atoms with Gasteiger partial charge in [0.15, 0.2) is 10.6 Å². The van der Waals surface area contributed by atoms with Gasteiger partial charge in [-0.25, -0.2) is 0 Å². The normalized spacial score (nSPS) is 12.4. The maximum atomic E-state index is 12.5. The number of aromatic amines is 1. The first-order valence-electron chi connectivity index (χ1n) is 6.89. The lowest BCUT2D eigenvalue weighted by Crippen LogP contribution is -2.33. The summed E-state index contributed by atoms with van der Waals surface area (Å²) in [6.45, 7) is 6.01. The maximum absolute atomic E-state index is 12.5. The summed E-state index contributed by atoms with van der Waals surface area (Å²) in [5, 5.41) is 10.1. The van der Waals surface area contributed by atoms with Crippen LogP contribution in [0.15, 0.2) is 24.3 Å². The Morgan fingerprint density at radius 1 is 1.38 bits per heavy atom. The summed E-state index contributed by atoms with van der Waals surface area (Å²) in [5.41, 5.74) is 1.63. The summed E-state index contributed by atoms with van der Waals surface area (Å²) in [6.07, 6.45) is 0. The lowest BCUT2D eigenvalue weighted by molar-refractivity contribution is 0.0921. The van der Waals surface area contributed by atoms with E-state index in [0.717, 1.165) is 11.4 Å². The van der Waals surface area contributed by atoms with Crippen molar-refractivity contribution in [2.75, 3.05) is 0 Å². The first kappa shape index (κ1) is 15.4. The first-order chi connectivity index (χ1) is 9.91. The molecule has 2 rings (SSSR count). The average Bonchev–Trinajstić information content (AvgIpc) is 2.76. The molecule has 6 heteroatoms. The average molecular weight is 304 g/mol. The topological polar surface area (TPSA) is 62.7 Å². The molecule has 1 atom stereocenters. The van der Waals surface area contributed by atoms with Crippen LogP contribution in [0.1, 0.15) is 41.6 Å². The van der Waals surface area contributed by atoms with Crippen molar-refractivity contribution in [3.8, 4) is 0 Å². The lowest BCUT2D eigenvalue weighted by atomic mass is 10.0. The van der Waals surface area contributed by atoms with Gasteiger partial charge in [-0.1, -0.05) is 32.0 Å². The number of benzene rings is 1. The minimum absolute atomic E-state index is 0.0966. The fourth-order valence-corrected chi connectivity index (χ4v) is 2.35. The van der Waals surface area contributed by atoms with Gasteiger partial charge >= 0.3 is 0 Å². The van der Waals surface area contributed by atoms with Crippen LogP contribution >= 0.6 is 12.2 Å². The quantitative estimate of drug-likeness (QED) is 0.854. The molecule has 0 aliphatic carbocycles. The zero-order valence-electron chi connectivity index (χ0n) is 12.7. The number of rotatable bonds is 4. The third-order valence-electron chi connectivity index (χ3n) is 3.54. The van der Waals surface area contributed by atoms with Gasteiger partial charge in [-0.2, -0.15) is 5.10 Å². The molecule has 0 radical (unpaired) electrons. The second-order valence-corrected chi connectivity index (χ2v) is 5.84. The van der Waals surface area contributed by atoms with Gasteiger partial charge in [-0.15, -0.1) is 0 Å². The molecule has 2 aromatic rings. The highest BCUT2D eigenvalue weighted by molar-refractivity contribution is 7.71. The third-order valence-corrected chi connectivity index (χ3v) is 3.90. The molecule has 21 heavy (non-hydrogen) atoms. The van der Waals surface area contributed by atoms with E-state index in [0.29, 0.717) is 10.3 Å². The molecule has 0 saturated carbocycles. The molecule has 112 valence electrons. The highest BCUT2D eigenvalue weighted by Crippen LogP contribution is 2.20. The maximum Gasteiger partial charge on any atom is 0.252 e. The lowest BCUT2D eigenvalue weighted by Gasteiger charge is -2.22. The monoisotopic (exact) mass is 304 g/mol. The molecule has 0 saturated heterocycles. The number of carbonyl (C=O) groups excluding carboxylic acids is 1. The van der Waals surface area contributed by atoms with Gasteiger partial charge in [0, 0.05) is 12.6 Å². The van der Waals surface area contributed by atoms with E-state index >= 15 is 0 Å². The van der Waals surface area contributed by atoms with E-state index in [1.165, 1.54) is 0 Å². The molecular formula is C15H20N4OS. The highest BCUT2D eigenvalue weighted by Gasteiger charge is 2.24. The van der Waals surface area contributed by atoms with Crippen molar-refractivity contribution in [3.63, 3.8) is 0 Å². The van der Waals surface area contributed by atoms with Crippen LogP contribution in [0.5, 0.6) is 0 Å². The number of carbonyl (C=O) groups is 1. The van der Waals surface area contributed by atoms with Gasteiger partial charge in [0.1, 0.15) is 0 Å². The fraction of sp³-hybridized carbons (Fsp3) is 0.400. The van der Waals surface area contributed by atoms with Crippen molar-refractivity contribution in [2.24, 2.45) is 13.0 Å². The summed E-state index contributed by atoms with van der Waals surface area (Å²) in [4.78, 5) is 12.5.